The summed E-state index contributed by atoms with van der Waals surface area (Å²) in [6.07, 6.45) is 5.63. The summed E-state index contributed by atoms with van der Waals surface area (Å²) in [6.45, 7) is 10.9. The van der Waals surface area contributed by atoms with E-state index in [1.165, 1.54) is 0 Å². The van der Waals surface area contributed by atoms with Crippen LogP contribution in [0.3, 0.4) is 0 Å². The highest BCUT2D eigenvalue weighted by molar-refractivity contribution is 5.84. The van der Waals surface area contributed by atoms with Crippen molar-refractivity contribution in [2.75, 3.05) is 0 Å². The van der Waals surface area contributed by atoms with Crippen LogP contribution in [0.15, 0.2) is 0 Å². The van der Waals surface area contributed by atoms with Crippen LogP contribution in [0.5, 0.6) is 0 Å². The van der Waals surface area contributed by atoms with E-state index in [9.17, 15) is 4.79 Å². The second kappa shape index (κ2) is 7.13. The molecule has 0 spiro atoms. The van der Waals surface area contributed by atoms with Gasteiger partial charge in [-0.15, -0.1) is 0 Å². The van der Waals surface area contributed by atoms with Crippen molar-refractivity contribution in [3.8, 4) is 0 Å². The van der Waals surface area contributed by atoms with Gasteiger partial charge in [0.05, 0.1) is 12.2 Å². The standard InChI is InChI=1S/C15H30N2O/c1-6-8-12(5)17-14(9-7-2)16-13(15(17)18)10-11(3)4/h11-14,16H,6-10H2,1-5H3. The molecule has 18 heavy (non-hydrogen) atoms. The van der Waals surface area contributed by atoms with E-state index in [4.69, 9.17) is 0 Å². The smallest absolute Gasteiger partial charge is 0.241 e. The van der Waals surface area contributed by atoms with Crippen LogP contribution >= 0.6 is 0 Å². The Morgan fingerprint density at radius 2 is 1.89 bits per heavy atom. The van der Waals surface area contributed by atoms with Crippen molar-refractivity contribution in [3.63, 3.8) is 0 Å². The number of amides is 1. The second-order valence-corrected chi connectivity index (χ2v) is 6.04. The number of nitrogens with one attached hydrogen (secondary N) is 1. The summed E-state index contributed by atoms with van der Waals surface area (Å²) in [5.41, 5.74) is 0. The van der Waals surface area contributed by atoms with E-state index in [0.717, 1.165) is 32.1 Å². The van der Waals surface area contributed by atoms with Crippen LogP contribution in [-0.4, -0.2) is 29.1 Å². The van der Waals surface area contributed by atoms with Crippen molar-refractivity contribution in [3.05, 3.63) is 0 Å². The van der Waals surface area contributed by atoms with Gasteiger partial charge in [0.15, 0.2) is 0 Å². The predicted molar refractivity (Wildman–Crippen MR) is 76.3 cm³/mol. The SMILES string of the molecule is CCCC(C)N1C(=O)C(CC(C)C)NC1CCC. The summed E-state index contributed by atoms with van der Waals surface area (Å²) < 4.78 is 0. The molecule has 0 aromatic rings. The highest BCUT2D eigenvalue weighted by Gasteiger charge is 2.40. The van der Waals surface area contributed by atoms with Crippen molar-refractivity contribution in [1.82, 2.24) is 10.2 Å². The quantitative estimate of drug-likeness (QED) is 0.757. The fourth-order valence-corrected chi connectivity index (χ4v) is 2.93. The molecule has 3 atom stereocenters. The van der Waals surface area contributed by atoms with Gasteiger partial charge in [-0.3, -0.25) is 10.1 Å². The third-order valence-corrected chi connectivity index (χ3v) is 3.73. The molecule has 0 aromatic heterocycles. The first kappa shape index (κ1) is 15.5. The lowest BCUT2D eigenvalue weighted by Gasteiger charge is -2.30. The lowest BCUT2D eigenvalue weighted by atomic mass is 10.0. The maximum Gasteiger partial charge on any atom is 0.241 e. The van der Waals surface area contributed by atoms with Gasteiger partial charge in [-0.2, -0.15) is 0 Å². The van der Waals surface area contributed by atoms with E-state index >= 15 is 0 Å². The van der Waals surface area contributed by atoms with Gasteiger partial charge in [-0.1, -0.05) is 40.5 Å². The minimum atomic E-state index is 0.0425. The maximum atomic E-state index is 12.5. The number of carbonyl (C=O) groups is 1. The number of nitrogens with zero attached hydrogens (tertiary/aromatic N) is 1. The highest BCUT2D eigenvalue weighted by Crippen LogP contribution is 2.23. The summed E-state index contributed by atoms with van der Waals surface area (Å²) in [6, 6.07) is 0.407. The molecule has 1 fully saturated rings. The molecule has 1 aliphatic heterocycles. The van der Waals surface area contributed by atoms with Crippen LogP contribution in [0.25, 0.3) is 0 Å². The molecular formula is C15H30N2O. The van der Waals surface area contributed by atoms with Crippen LogP contribution in [0.2, 0.25) is 0 Å². The number of carbonyl (C=O) groups excluding carboxylic acids is 1. The Labute approximate surface area is 112 Å². The van der Waals surface area contributed by atoms with Crippen LogP contribution < -0.4 is 5.32 Å². The van der Waals surface area contributed by atoms with Gasteiger partial charge in [0.2, 0.25) is 5.91 Å². The molecular weight excluding hydrogens is 224 g/mol. The molecule has 1 amide bonds. The van der Waals surface area contributed by atoms with Gasteiger partial charge in [-0.25, -0.2) is 0 Å². The summed E-state index contributed by atoms with van der Waals surface area (Å²) >= 11 is 0. The third kappa shape index (κ3) is 3.71. The van der Waals surface area contributed by atoms with Gasteiger partial charge in [-0.05, 0) is 32.1 Å². The molecule has 0 aromatic carbocycles. The van der Waals surface area contributed by atoms with Gasteiger partial charge in [0.1, 0.15) is 0 Å². The largest absolute Gasteiger partial charge is 0.323 e. The molecule has 3 unspecified atom stereocenters. The molecule has 0 radical (unpaired) electrons. The van der Waals surface area contributed by atoms with Gasteiger partial charge >= 0.3 is 0 Å². The first-order valence-electron chi connectivity index (χ1n) is 7.59. The van der Waals surface area contributed by atoms with E-state index in [1.807, 2.05) is 0 Å². The Balaban J connectivity index is 2.73. The lowest BCUT2D eigenvalue weighted by Crippen LogP contribution is -2.43. The van der Waals surface area contributed by atoms with Gasteiger partial charge in [0.25, 0.3) is 0 Å². The molecule has 3 nitrogen and oxygen atoms in total. The van der Waals surface area contributed by atoms with E-state index in [1.54, 1.807) is 0 Å². The average molecular weight is 254 g/mol. The Morgan fingerprint density at radius 1 is 1.22 bits per heavy atom. The molecule has 0 aliphatic carbocycles. The normalized spacial score (nSPS) is 26.1. The fraction of sp³-hybridized carbons (Fsp3) is 0.933. The number of rotatable bonds is 7. The summed E-state index contributed by atoms with van der Waals surface area (Å²) in [5, 5.41) is 3.54. The first-order chi connectivity index (χ1) is 8.51. The third-order valence-electron chi connectivity index (χ3n) is 3.73. The van der Waals surface area contributed by atoms with Crippen molar-refractivity contribution in [2.45, 2.75) is 85.0 Å². The minimum absolute atomic E-state index is 0.0425. The van der Waals surface area contributed by atoms with E-state index in [-0.39, 0.29) is 12.2 Å². The Kier molecular flexibility index (Phi) is 6.13. The molecule has 1 rings (SSSR count). The lowest BCUT2D eigenvalue weighted by molar-refractivity contribution is -0.132. The molecule has 1 heterocycles. The first-order valence-corrected chi connectivity index (χ1v) is 7.59. The molecule has 106 valence electrons. The predicted octanol–water partition coefficient (Wildman–Crippen LogP) is 3.15. The zero-order valence-corrected chi connectivity index (χ0v) is 12.7. The zero-order chi connectivity index (χ0) is 13.7. The fourth-order valence-electron chi connectivity index (χ4n) is 2.93. The van der Waals surface area contributed by atoms with Crippen LogP contribution in [0, 0.1) is 5.92 Å². The van der Waals surface area contributed by atoms with Crippen LogP contribution in [0.4, 0.5) is 0 Å². The molecule has 0 saturated carbocycles. The van der Waals surface area contributed by atoms with Crippen LogP contribution in [-0.2, 0) is 4.79 Å². The number of hydrogen-bond acceptors (Lipinski definition) is 2. The number of hydrogen-bond donors (Lipinski definition) is 1. The molecule has 1 aliphatic rings. The Hall–Kier alpha value is -0.570. The highest BCUT2D eigenvalue weighted by atomic mass is 16.2. The average Bonchev–Trinajstić information content (AvgIpc) is 2.56. The Morgan fingerprint density at radius 3 is 2.39 bits per heavy atom. The van der Waals surface area contributed by atoms with Gasteiger partial charge in [0, 0.05) is 6.04 Å². The molecule has 0 bridgehead atoms. The summed E-state index contributed by atoms with van der Waals surface area (Å²) in [5.74, 6) is 0.887. The summed E-state index contributed by atoms with van der Waals surface area (Å²) in [7, 11) is 0. The van der Waals surface area contributed by atoms with Crippen molar-refractivity contribution in [1.29, 1.82) is 0 Å². The van der Waals surface area contributed by atoms with Crippen molar-refractivity contribution in [2.24, 2.45) is 5.92 Å². The van der Waals surface area contributed by atoms with E-state index in [2.05, 4.69) is 44.8 Å². The van der Waals surface area contributed by atoms with Gasteiger partial charge < -0.3 is 4.90 Å². The monoisotopic (exact) mass is 254 g/mol. The zero-order valence-electron chi connectivity index (χ0n) is 12.7. The Bertz CT molecular complexity index is 265. The van der Waals surface area contributed by atoms with E-state index in [0.29, 0.717) is 17.9 Å². The molecule has 1 saturated heterocycles. The van der Waals surface area contributed by atoms with Crippen LogP contribution in [0.1, 0.15) is 66.7 Å². The molecule has 3 heteroatoms. The molecule has 1 N–H and O–H groups in total. The minimum Gasteiger partial charge on any atom is -0.323 e. The van der Waals surface area contributed by atoms with E-state index < -0.39 is 0 Å². The van der Waals surface area contributed by atoms with Crippen molar-refractivity contribution < 1.29 is 4.79 Å². The maximum absolute atomic E-state index is 12.5. The topological polar surface area (TPSA) is 32.3 Å². The van der Waals surface area contributed by atoms with Crippen molar-refractivity contribution >= 4 is 5.91 Å². The summed E-state index contributed by atoms with van der Waals surface area (Å²) in [4.78, 5) is 14.6. The second-order valence-electron chi connectivity index (χ2n) is 6.04.